The Morgan fingerprint density at radius 1 is 1.22 bits per heavy atom. The number of unbranched alkanes of at least 4 members (excludes halogenated alkanes) is 2. The minimum Gasteiger partial charge on any atom is -0.462 e. The van der Waals surface area contributed by atoms with Crippen molar-refractivity contribution in [3.8, 4) is 0 Å². The minimum atomic E-state index is -1.73. The number of esters is 1. The van der Waals surface area contributed by atoms with Crippen molar-refractivity contribution in [3.63, 3.8) is 0 Å². The summed E-state index contributed by atoms with van der Waals surface area (Å²) in [6, 6.07) is 3.37. The summed E-state index contributed by atoms with van der Waals surface area (Å²) >= 11 is 0. The van der Waals surface area contributed by atoms with E-state index in [1.807, 2.05) is 13.0 Å². The maximum absolute atomic E-state index is 11.8. The Kier molecular flexibility index (Phi) is 8.14. The van der Waals surface area contributed by atoms with Crippen LogP contribution in [0.25, 0.3) is 0 Å². The van der Waals surface area contributed by atoms with Crippen molar-refractivity contribution in [2.75, 3.05) is 0 Å². The zero-order valence-corrected chi connectivity index (χ0v) is 19.0. The number of aliphatic hydroxyl groups is 1. The van der Waals surface area contributed by atoms with Gasteiger partial charge in [-0.05, 0) is 31.5 Å². The molecule has 0 amide bonds. The predicted molar refractivity (Wildman–Crippen MR) is 112 cm³/mol. The van der Waals surface area contributed by atoms with E-state index in [1.54, 1.807) is 0 Å². The van der Waals surface area contributed by atoms with Crippen LogP contribution < -0.4 is 0 Å². The molecule has 0 bridgehead atoms. The molecule has 1 aliphatic carbocycles. The molecule has 2 rings (SSSR count). The zero-order valence-electron chi connectivity index (χ0n) is 18.0. The monoisotopic (exact) mass is 396 g/mol. The van der Waals surface area contributed by atoms with Gasteiger partial charge >= 0.3 is 5.97 Å². The largest absolute Gasteiger partial charge is 0.462 e. The van der Waals surface area contributed by atoms with E-state index in [0.29, 0.717) is 6.42 Å². The number of fused-ring (bicyclic) bond motifs is 1. The van der Waals surface area contributed by atoms with Gasteiger partial charge in [0.15, 0.2) is 8.32 Å². The lowest BCUT2D eigenvalue weighted by atomic mass is 9.89. The van der Waals surface area contributed by atoms with Crippen LogP contribution in [0, 0.1) is 11.8 Å². The van der Waals surface area contributed by atoms with Gasteiger partial charge in [0.1, 0.15) is 6.10 Å². The molecule has 1 unspecified atom stereocenters. The Morgan fingerprint density at radius 2 is 1.89 bits per heavy atom. The molecule has 1 aliphatic heterocycles. The minimum absolute atomic E-state index is 0.0144. The van der Waals surface area contributed by atoms with Crippen LogP contribution in [-0.4, -0.2) is 37.2 Å². The molecule has 4 nitrogen and oxygen atoms in total. The molecule has 0 aromatic heterocycles. The highest BCUT2D eigenvalue weighted by Crippen LogP contribution is 2.45. The predicted octanol–water partition coefficient (Wildman–Crippen LogP) is 5.22. The van der Waals surface area contributed by atoms with Crippen molar-refractivity contribution >= 4 is 14.3 Å². The van der Waals surface area contributed by atoms with Gasteiger partial charge < -0.3 is 14.3 Å². The van der Waals surface area contributed by atoms with E-state index in [4.69, 9.17) is 9.16 Å². The summed E-state index contributed by atoms with van der Waals surface area (Å²) in [5, 5.41) is 10.7. The molecule has 27 heavy (non-hydrogen) atoms. The van der Waals surface area contributed by atoms with Gasteiger partial charge in [0.2, 0.25) is 0 Å². The summed E-state index contributed by atoms with van der Waals surface area (Å²) in [4.78, 5) is 11.8. The highest BCUT2D eigenvalue weighted by Gasteiger charge is 2.51. The average molecular weight is 397 g/mol. The first-order chi connectivity index (χ1) is 12.8. The summed E-state index contributed by atoms with van der Waals surface area (Å²) < 4.78 is 12.4. The van der Waals surface area contributed by atoms with Crippen LogP contribution in [0.4, 0.5) is 0 Å². The molecule has 0 spiro atoms. The van der Waals surface area contributed by atoms with Crippen molar-refractivity contribution in [1.29, 1.82) is 0 Å². The third-order valence-electron chi connectivity index (χ3n) is 6.85. The molecule has 1 saturated heterocycles. The Hall–Kier alpha value is -0.653. The lowest BCUT2D eigenvalue weighted by Crippen LogP contribution is -2.41. The maximum atomic E-state index is 11.8. The van der Waals surface area contributed by atoms with Crippen molar-refractivity contribution in [1.82, 2.24) is 0 Å². The van der Waals surface area contributed by atoms with E-state index in [1.165, 1.54) is 0 Å². The zero-order chi connectivity index (χ0) is 20.1. The fraction of sp³-hybridized carbons (Fsp3) is 0.864. The molecule has 5 heteroatoms. The fourth-order valence-electron chi connectivity index (χ4n) is 4.75. The second kappa shape index (κ2) is 9.70. The number of hydrogen-bond donors (Lipinski definition) is 1. The van der Waals surface area contributed by atoms with Crippen LogP contribution in [0.1, 0.15) is 73.1 Å². The van der Waals surface area contributed by atoms with E-state index in [0.717, 1.165) is 50.2 Å². The molecule has 156 valence electrons. The third-order valence-corrected chi connectivity index (χ3v) is 11.5. The van der Waals surface area contributed by atoms with E-state index in [2.05, 4.69) is 33.8 Å². The summed E-state index contributed by atoms with van der Waals surface area (Å²) in [5.74, 6) is 0.277. The second-order valence-corrected chi connectivity index (χ2v) is 13.5. The Balaban J connectivity index is 2.14. The quantitative estimate of drug-likeness (QED) is 0.225. The van der Waals surface area contributed by atoms with Crippen LogP contribution in [0.5, 0.6) is 0 Å². The summed E-state index contributed by atoms with van der Waals surface area (Å²) in [6.45, 7) is 10.8. The highest BCUT2D eigenvalue weighted by molar-refractivity contribution is 6.73. The average Bonchev–Trinajstić information content (AvgIpc) is 3.13. The van der Waals surface area contributed by atoms with E-state index < -0.39 is 13.9 Å². The Morgan fingerprint density at radius 3 is 2.48 bits per heavy atom. The van der Waals surface area contributed by atoms with Gasteiger partial charge in [-0.3, -0.25) is 4.79 Å². The molecule has 5 atom stereocenters. The molecular weight excluding hydrogens is 356 g/mol. The number of carbonyl (C=O) groups is 1. The SMILES string of the molecule is CCCCC[C@](C)(O)/C=C/[C@@H]1C2CC(=O)O[C@H]2C[C@H]1O[Si](CC)(CC)CC. The molecule has 1 saturated carbocycles. The molecule has 0 aromatic carbocycles. The van der Waals surface area contributed by atoms with Gasteiger partial charge in [-0.25, -0.2) is 0 Å². The lowest BCUT2D eigenvalue weighted by Gasteiger charge is -2.34. The van der Waals surface area contributed by atoms with Gasteiger partial charge in [-0.2, -0.15) is 0 Å². The van der Waals surface area contributed by atoms with Crippen molar-refractivity contribution in [2.45, 2.75) is 109 Å². The molecule has 2 aliphatic rings. The number of carbonyl (C=O) groups excluding carboxylic acids is 1. The topological polar surface area (TPSA) is 55.8 Å². The van der Waals surface area contributed by atoms with Crippen LogP contribution >= 0.6 is 0 Å². The molecule has 0 aromatic rings. The van der Waals surface area contributed by atoms with Gasteiger partial charge in [0.05, 0.1) is 18.1 Å². The summed E-state index contributed by atoms with van der Waals surface area (Å²) in [6.07, 6.45) is 9.59. The van der Waals surface area contributed by atoms with Crippen molar-refractivity contribution in [2.24, 2.45) is 11.8 Å². The fourth-order valence-corrected chi connectivity index (χ4v) is 7.64. The van der Waals surface area contributed by atoms with E-state index in [9.17, 15) is 9.90 Å². The molecule has 1 heterocycles. The number of hydrogen-bond acceptors (Lipinski definition) is 4. The number of ether oxygens (including phenoxy) is 1. The van der Waals surface area contributed by atoms with Crippen LogP contribution in [0.2, 0.25) is 18.1 Å². The van der Waals surface area contributed by atoms with E-state index in [-0.39, 0.29) is 30.0 Å². The first-order valence-corrected chi connectivity index (χ1v) is 13.6. The van der Waals surface area contributed by atoms with Gasteiger partial charge in [-0.1, -0.05) is 59.1 Å². The van der Waals surface area contributed by atoms with Gasteiger partial charge in [0.25, 0.3) is 0 Å². The normalized spacial score (nSPS) is 30.5. The van der Waals surface area contributed by atoms with Gasteiger partial charge in [-0.15, -0.1) is 0 Å². The first-order valence-electron chi connectivity index (χ1n) is 11.1. The molecule has 2 fully saturated rings. The van der Waals surface area contributed by atoms with Crippen LogP contribution in [-0.2, 0) is 14.0 Å². The second-order valence-electron chi connectivity index (χ2n) is 8.78. The number of rotatable bonds is 11. The van der Waals surface area contributed by atoms with Crippen LogP contribution in [0.15, 0.2) is 12.2 Å². The van der Waals surface area contributed by atoms with Crippen molar-refractivity contribution < 1.29 is 19.1 Å². The Bertz CT molecular complexity index is 504. The Labute approximate surface area is 166 Å². The summed E-state index contributed by atoms with van der Waals surface area (Å²) in [5.41, 5.74) is -0.796. The van der Waals surface area contributed by atoms with E-state index >= 15 is 0 Å². The van der Waals surface area contributed by atoms with Crippen molar-refractivity contribution in [3.05, 3.63) is 12.2 Å². The molecule has 0 radical (unpaired) electrons. The molecule has 1 N–H and O–H groups in total. The van der Waals surface area contributed by atoms with Gasteiger partial charge in [0, 0.05) is 18.3 Å². The standard InChI is InChI=1S/C22H40O4Si/c1-6-10-11-13-22(5,24)14-12-17-18-15-21(23)25-19(18)16-20(17)26-27(7-2,8-3)9-4/h12,14,17-20,24H,6-11,13,15-16H2,1-5H3/b14-12+/t17-,18?,19+,20-,22+/m1/s1. The maximum Gasteiger partial charge on any atom is 0.306 e. The highest BCUT2D eigenvalue weighted by atomic mass is 28.4. The summed E-state index contributed by atoms with van der Waals surface area (Å²) in [7, 11) is -1.73. The smallest absolute Gasteiger partial charge is 0.306 e. The third kappa shape index (κ3) is 5.67. The van der Waals surface area contributed by atoms with Crippen LogP contribution in [0.3, 0.4) is 0 Å². The lowest BCUT2D eigenvalue weighted by molar-refractivity contribution is -0.141. The first kappa shape index (κ1) is 22.6. The molecular formula is C22H40O4Si.